The summed E-state index contributed by atoms with van der Waals surface area (Å²) in [7, 11) is 3.92. The molecule has 1 aliphatic heterocycles. The van der Waals surface area contributed by atoms with E-state index in [1.807, 2.05) is 62.3 Å². The number of carbonyl (C=O) groups is 2. The smallest absolute Gasteiger partial charge is 0.319 e. The number of nitrogens with one attached hydrogen (secondary N) is 3. The highest BCUT2D eigenvalue weighted by atomic mass is 16.5. The van der Waals surface area contributed by atoms with E-state index in [4.69, 9.17) is 4.74 Å². The SMILES string of the molecule is CCOc1ccccc1NC(=O)C1=C(C)NC(=O)NC1c1ccc(N(C)C)cc1. The third-order valence-corrected chi connectivity index (χ3v) is 4.69. The number of rotatable bonds is 6. The molecular formula is C22H26N4O3. The summed E-state index contributed by atoms with van der Waals surface area (Å²) in [5, 5.41) is 8.47. The minimum Gasteiger partial charge on any atom is -0.492 e. The average molecular weight is 394 g/mol. The van der Waals surface area contributed by atoms with Gasteiger partial charge in [0.25, 0.3) is 5.91 Å². The van der Waals surface area contributed by atoms with E-state index in [1.54, 1.807) is 19.1 Å². The molecule has 1 atom stereocenters. The summed E-state index contributed by atoms with van der Waals surface area (Å²) in [6, 6.07) is 14.1. The van der Waals surface area contributed by atoms with Gasteiger partial charge in [-0.1, -0.05) is 24.3 Å². The third-order valence-electron chi connectivity index (χ3n) is 4.69. The maximum Gasteiger partial charge on any atom is 0.319 e. The van der Waals surface area contributed by atoms with Crippen LogP contribution in [-0.4, -0.2) is 32.6 Å². The molecule has 7 nitrogen and oxygen atoms in total. The second kappa shape index (κ2) is 8.68. The summed E-state index contributed by atoms with van der Waals surface area (Å²) in [5.41, 5.74) is 3.41. The first-order valence-electron chi connectivity index (χ1n) is 9.49. The van der Waals surface area contributed by atoms with Crippen molar-refractivity contribution in [3.05, 3.63) is 65.4 Å². The number of amides is 3. The van der Waals surface area contributed by atoms with Gasteiger partial charge in [0.15, 0.2) is 0 Å². The Morgan fingerprint density at radius 2 is 1.83 bits per heavy atom. The lowest BCUT2D eigenvalue weighted by molar-refractivity contribution is -0.113. The Balaban J connectivity index is 1.92. The van der Waals surface area contributed by atoms with E-state index in [-0.39, 0.29) is 11.9 Å². The molecule has 3 amide bonds. The quantitative estimate of drug-likeness (QED) is 0.701. The van der Waals surface area contributed by atoms with Crippen molar-refractivity contribution in [1.29, 1.82) is 0 Å². The zero-order valence-electron chi connectivity index (χ0n) is 17.1. The van der Waals surface area contributed by atoms with Crippen LogP contribution in [0, 0.1) is 0 Å². The number of urea groups is 1. The Bertz CT molecular complexity index is 935. The van der Waals surface area contributed by atoms with Gasteiger partial charge in [-0.15, -0.1) is 0 Å². The van der Waals surface area contributed by atoms with Crippen molar-refractivity contribution < 1.29 is 14.3 Å². The number of carbonyl (C=O) groups excluding carboxylic acids is 2. The topological polar surface area (TPSA) is 82.7 Å². The lowest BCUT2D eigenvalue weighted by atomic mass is 9.94. The summed E-state index contributed by atoms with van der Waals surface area (Å²) < 4.78 is 5.60. The van der Waals surface area contributed by atoms with Crippen LogP contribution >= 0.6 is 0 Å². The molecule has 0 saturated carbocycles. The van der Waals surface area contributed by atoms with Crippen molar-refractivity contribution in [1.82, 2.24) is 10.6 Å². The molecule has 1 unspecified atom stereocenters. The van der Waals surface area contributed by atoms with Crippen molar-refractivity contribution in [2.24, 2.45) is 0 Å². The fraction of sp³-hybridized carbons (Fsp3) is 0.273. The molecule has 0 spiro atoms. The molecule has 2 aromatic carbocycles. The van der Waals surface area contributed by atoms with Crippen LogP contribution in [0.25, 0.3) is 0 Å². The van der Waals surface area contributed by atoms with Crippen LogP contribution in [0.2, 0.25) is 0 Å². The van der Waals surface area contributed by atoms with Gasteiger partial charge < -0.3 is 25.6 Å². The van der Waals surface area contributed by atoms with Crippen molar-refractivity contribution in [2.75, 3.05) is 30.9 Å². The van der Waals surface area contributed by atoms with E-state index >= 15 is 0 Å². The molecule has 3 rings (SSSR count). The van der Waals surface area contributed by atoms with Crippen LogP contribution < -0.4 is 25.6 Å². The minimum absolute atomic E-state index is 0.302. The van der Waals surface area contributed by atoms with Crippen LogP contribution in [-0.2, 0) is 4.79 Å². The Morgan fingerprint density at radius 1 is 1.14 bits per heavy atom. The lowest BCUT2D eigenvalue weighted by Gasteiger charge is -2.29. The molecule has 1 aliphatic rings. The maximum atomic E-state index is 13.2. The fourth-order valence-electron chi connectivity index (χ4n) is 3.25. The van der Waals surface area contributed by atoms with Crippen molar-refractivity contribution in [3.8, 4) is 5.75 Å². The second-order valence-electron chi connectivity index (χ2n) is 6.94. The number of benzene rings is 2. The average Bonchev–Trinajstić information content (AvgIpc) is 2.69. The Hall–Kier alpha value is -3.48. The van der Waals surface area contributed by atoms with Crippen LogP contribution in [0.4, 0.5) is 16.2 Å². The first-order chi connectivity index (χ1) is 13.9. The second-order valence-corrected chi connectivity index (χ2v) is 6.94. The normalized spacial score (nSPS) is 16.0. The number of hydrogen-bond donors (Lipinski definition) is 3. The number of hydrogen-bond acceptors (Lipinski definition) is 4. The molecular weight excluding hydrogens is 368 g/mol. The van der Waals surface area contributed by atoms with E-state index in [1.165, 1.54) is 0 Å². The number of ether oxygens (including phenoxy) is 1. The molecule has 0 aliphatic carbocycles. The highest BCUT2D eigenvalue weighted by molar-refractivity contribution is 6.07. The molecule has 152 valence electrons. The largest absolute Gasteiger partial charge is 0.492 e. The number of para-hydroxylation sites is 2. The molecule has 0 bridgehead atoms. The summed E-state index contributed by atoms with van der Waals surface area (Å²) in [6.45, 7) is 4.11. The Morgan fingerprint density at radius 3 is 2.48 bits per heavy atom. The van der Waals surface area contributed by atoms with E-state index < -0.39 is 6.04 Å². The molecule has 2 aromatic rings. The van der Waals surface area contributed by atoms with Gasteiger partial charge in [-0.2, -0.15) is 0 Å². The molecule has 3 N–H and O–H groups in total. The van der Waals surface area contributed by atoms with Gasteiger partial charge in [0, 0.05) is 25.5 Å². The molecule has 7 heteroatoms. The van der Waals surface area contributed by atoms with E-state index in [2.05, 4.69) is 16.0 Å². The zero-order valence-corrected chi connectivity index (χ0v) is 17.1. The number of anilines is 2. The number of nitrogens with zero attached hydrogens (tertiary/aromatic N) is 1. The highest BCUT2D eigenvalue weighted by Gasteiger charge is 2.31. The molecule has 1 heterocycles. The van der Waals surface area contributed by atoms with Gasteiger partial charge >= 0.3 is 6.03 Å². The van der Waals surface area contributed by atoms with Crippen molar-refractivity contribution >= 4 is 23.3 Å². The zero-order chi connectivity index (χ0) is 21.0. The fourth-order valence-corrected chi connectivity index (χ4v) is 3.25. The lowest BCUT2D eigenvalue weighted by Crippen LogP contribution is -2.46. The molecule has 0 aromatic heterocycles. The van der Waals surface area contributed by atoms with Crippen molar-refractivity contribution in [3.63, 3.8) is 0 Å². The van der Waals surface area contributed by atoms with Gasteiger partial charge in [-0.25, -0.2) is 4.79 Å². The predicted octanol–water partition coefficient (Wildman–Crippen LogP) is 3.42. The van der Waals surface area contributed by atoms with Gasteiger partial charge in [-0.05, 0) is 43.7 Å². The summed E-state index contributed by atoms with van der Waals surface area (Å²) >= 11 is 0. The van der Waals surface area contributed by atoms with Crippen LogP contribution in [0.3, 0.4) is 0 Å². The molecule has 0 fully saturated rings. The van der Waals surface area contributed by atoms with Crippen molar-refractivity contribution in [2.45, 2.75) is 19.9 Å². The molecule has 0 saturated heterocycles. The molecule has 0 radical (unpaired) electrons. The Labute approximate surface area is 170 Å². The third kappa shape index (κ3) is 4.51. The van der Waals surface area contributed by atoms with Gasteiger partial charge in [0.05, 0.1) is 23.9 Å². The first kappa shape index (κ1) is 20.3. The van der Waals surface area contributed by atoms with E-state index in [9.17, 15) is 9.59 Å². The summed E-state index contributed by atoms with van der Waals surface area (Å²) in [5.74, 6) is 0.296. The van der Waals surface area contributed by atoms with E-state index in [0.29, 0.717) is 29.3 Å². The first-order valence-corrected chi connectivity index (χ1v) is 9.49. The van der Waals surface area contributed by atoms with E-state index in [0.717, 1.165) is 11.3 Å². The van der Waals surface area contributed by atoms with Crippen LogP contribution in [0.5, 0.6) is 5.75 Å². The molecule has 29 heavy (non-hydrogen) atoms. The van der Waals surface area contributed by atoms with Gasteiger partial charge in [0.1, 0.15) is 5.75 Å². The number of allylic oxidation sites excluding steroid dienone is 1. The summed E-state index contributed by atoms with van der Waals surface area (Å²) in [4.78, 5) is 27.2. The van der Waals surface area contributed by atoms with Gasteiger partial charge in [-0.3, -0.25) is 4.79 Å². The van der Waals surface area contributed by atoms with Crippen LogP contribution in [0.1, 0.15) is 25.5 Å². The summed E-state index contributed by atoms with van der Waals surface area (Å²) in [6.07, 6.45) is 0. The monoisotopic (exact) mass is 394 g/mol. The maximum absolute atomic E-state index is 13.2. The van der Waals surface area contributed by atoms with Gasteiger partial charge in [0.2, 0.25) is 0 Å². The Kier molecular flexibility index (Phi) is 6.07. The standard InChI is InChI=1S/C22H26N4O3/c1-5-29-18-9-7-6-8-17(18)24-21(27)19-14(2)23-22(28)25-20(19)15-10-12-16(13-11-15)26(3)4/h6-13,20H,5H2,1-4H3,(H,24,27)(H2,23,25,28). The van der Waals surface area contributed by atoms with Crippen LogP contribution in [0.15, 0.2) is 59.8 Å². The predicted molar refractivity (Wildman–Crippen MR) is 114 cm³/mol. The highest BCUT2D eigenvalue weighted by Crippen LogP contribution is 2.30. The minimum atomic E-state index is -0.556.